The number of phosphoric ester groups is 1. The van der Waals surface area contributed by atoms with Crippen molar-refractivity contribution in [2.45, 2.75) is 174 Å². The Balaban J connectivity index is 2.48. The smallest absolute Gasteiger partial charge is 0.306 e. The zero-order valence-electron chi connectivity index (χ0n) is 37.6. The number of quaternary nitrogens is 1. The van der Waals surface area contributed by atoms with E-state index in [1.54, 1.807) is 0 Å². The van der Waals surface area contributed by atoms with Crippen molar-refractivity contribution >= 4 is 19.8 Å². The minimum absolute atomic E-state index is 0.0922. The van der Waals surface area contributed by atoms with E-state index in [-0.39, 0.29) is 45.3 Å². The summed E-state index contributed by atoms with van der Waals surface area (Å²) in [6, 6.07) is 0. The Morgan fingerprint density at radius 1 is 0.729 bits per heavy atom. The minimum Gasteiger partial charge on any atom is -0.756 e. The van der Waals surface area contributed by atoms with Gasteiger partial charge in [-0.05, 0) is 89.2 Å². The molecule has 1 aromatic rings. The molecule has 0 radical (unpaired) electrons. The van der Waals surface area contributed by atoms with Gasteiger partial charge in [-0.1, -0.05) is 88.8 Å². The minimum atomic E-state index is -4.72. The summed E-state index contributed by atoms with van der Waals surface area (Å²) in [5.41, 5.74) is 2.54. The zero-order valence-corrected chi connectivity index (χ0v) is 38.5. The highest BCUT2D eigenvalue weighted by molar-refractivity contribution is 7.45. The summed E-state index contributed by atoms with van der Waals surface area (Å²) in [5, 5.41) is 20.8. The molecule has 340 valence electrons. The van der Waals surface area contributed by atoms with Crippen LogP contribution >= 0.6 is 7.82 Å². The van der Waals surface area contributed by atoms with Crippen LogP contribution < -0.4 is 4.89 Å². The van der Waals surface area contributed by atoms with E-state index in [1.165, 1.54) is 30.4 Å². The summed E-state index contributed by atoms with van der Waals surface area (Å²) < 4.78 is 39.8. The average molecular weight is 854 g/mol. The van der Waals surface area contributed by atoms with E-state index < -0.39 is 44.7 Å². The molecule has 13 heteroatoms. The lowest BCUT2D eigenvalue weighted by Crippen LogP contribution is -2.37. The fourth-order valence-corrected chi connectivity index (χ4v) is 6.88. The Morgan fingerprint density at radius 2 is 1.34 bits per heavy atom. The molecule has 12 nitrogen and oxygen atoms in total. The van der Waals surface area contributed by atoms with Crippen molar-refractivity contribution in [1.82, 2.24) is 0 Å². The lowest BCUT2D eigenvalue weighted by molar-refractivity contribution is -0.870. The Labute approximate surface area is 356 Å². The SMILES string of the molecule is CCCCC/C=C\C/C=C\C/C=C\CC(O)C(O)CCCC(=O)O[C@H](COC(=O)CCCCCCCCc1oc(CCC)c(C)c1C)COP(=O)([O-])OCC[N+](C)(C)C. The molecule has 0 aliphatic heterocycles. The molecule has 0 spiro atoms. The van der Waals surface area contributed by atoms with Crippen molar-refractivity contribution in [3.8, 4) is 0 Å². The van der Waals surface area contributed by atoms with Gasteiger partial charge in [-0.25, -0.2) is 0 Å². The summed E-state index contributed by atoms with van der Waals surface area (Å²) in [5.74, 6) is 1.05. The van der Waals surface area contributed by atoms with E-state index >= 15 is 0 Å². The topological polar surface area (TPSA) is 165 Å². The van der Waals surface area contributed by atoms with Crippen LogP contribution in [0.15, 0.2) is 40.9 Å². The molecule has 0 aliphatic rings. The largest absolute Gasteiger partial charge is 0.756 e. The number of ether oxygens (including phenoxy) is 2. The molecule has 1 aromatic heterocycles. The monoisotopic (exact) mass is 854 g/mol. The maximum absolute atomic E-state index is 12.7. The van der Waals surface area contributed by atoms with Crippen LogP contribution in [0.25, 0.3) is 0 Å². The number of aryl methyl sites for hydroxylation is 2. The first kappa shape index (κ1) is 54.4. The van der Waals surface area contributed by atoms with Crippen molar-refractivity contribution < 1.29 is 56.7 Å². The van der Waals surface area contributed by atoms with Gasteiger partial charge in [0.05, 0.1) is 40.0 Å². The number of esters is 2. The van der Waals surface area contributed by atoms with Crippen LogP contribution in [-0.2, 0) is 45.5 Å². The van der Waals surface area contributed by atoms with E-state index in [4.69, 9.17) is 22.9 Å². The highest BCUT2D eigenvalue weighted by Gasteiger charge is 2.23. The van der Waals surface area contributed by atoms with Crippen LogP contribution in [-0.4, -0.2) is 92.5 Å². The maximum Gasteiger partial charge on any atom is 0.306 e. The second-order valence-electron chi connectivity index (χ2n) is 16.6. The van der Waals surface area contributed by atoms with Crippen LogP contribution in [0.5, 0.6) is 0 Å². The predicted octanol–water partition coefficient (Wildman–Crippen LogP) is 9.10. The molecule has 1 rings (SSSR count). The highest BCUT2D eigenvalue weighted by atomic mass is 31.2. The Hall–Kier alpha value is -2.57. The van der Waals surface area contributed by atoms with Crippen molar-refractivity contribution in [3.63, 3.8) is 0 Å². The molecule has 0 aromatic carbocycles. The molecule has 59 heavy (non-hydrogen) atoms. The lowest BCUT2D eigenvalue weighted by atomic mass is 10.0. The fourth-order valence-electron chi connectivity index (χ4n) is 6.16. The van der Waals surface area contributed by atoms with E-state index in [0.29, 0.717) is 17.4 Å². The van der Waals surface area contributed by atoms with Gasteiger partial charge >= 0.3 is 11.9 Å². The lowest BCUT2D eigenvalue weighted by Gasteiger charge is -2.28. The zero-order chi connectivity index (χ0) is 43.9. The molecule has 1 heterocycles. The van der Waals surface area contributed by atoms with E-state index in [1.807, 2.05) is 33.3 Å². The number of likely N-dealkylation sites (N-methyl/N-ethyl adjacent to an activating group) is 1. The van der Waals surface area contributed by atoms with Gasteiger partial charge in [0, 0.05) is 25.7 Å². The van der Waals surface area contributed by atoms with Crippen LogP contribution in [0, 0.1) is 13.8 Å². The molecule has 3 unspecified atom stereocenters. The van der Waals surface area contributed by atoms with Gasteiger partial charge in [0.2, 0.25) is 0 Å². The molecule has 0 saturated carbocycles. The number of hydrogen-bond acceptors (Lipinski definition) is 11. The van der Waals surface area contributed by atoms with Gasteiger partial charge in [0.25, 0.3) is 7.82 Å². The molecular formula is C46H80NO11P. The second-order valence-corrected chi connectivity index (χ2v) is 18.0. The first-order valence-electron chi connectivity index (χ1n) is 22.2. The number of carbonyl (C=O) groups excluding carboxylic acids is 2. The first-order chi connectivity index (χ1) is 28.1. The van der Waals surface area contributed by atoms with Gasteiger partial charge in [-0.3, -0.25) is 14.2 Å². The van der Waals surface area contributed by atoms with Gasteiger partial charge in [0.1, 0.15) is 31.3 Å². The number of allylic oxidation sites excluding steroid dienone is 5. The van der Waals surface area contributed by atoms with Gasteiger partial charge < -0.3 is 42.5 Å². The van der Waals surface area contributed by atoms with Gasteiger partial charge in [0.15, 0.2) is 6.10 Å². The van der Waals surface area contributed by atoms with Crippen LogP contribution in [0.4, 0.5) is 0 Å². The maximum atomic E-state index is 12.7. The van der Waals surface area contributed by atoms with E-state index in [9.17, 15) is 29.3 Å². The molecule has 0 aliphatic carbocycles. The summed E-state index contributed by atoms with van der Waals surface area (Å²) >= 11 is 0. The number of rotatable bonds is 36. The van der Waals surface area contributed by atoms with Crippen molar-refractivity contribution in [1.29, 1.82) is 0 Å². The number of nitrogens with zero attached hydrogens (tertiary/aromatic N) is 1. The summed E-state index contributed by atoms with van der Waals surface area (Å²) in [6.45, 7) is 7.98. The Bertz CT molecular complexity index is 1410. The molecule has 2 N–H and O–H groups in total. The molecule has 0 bridgehead atoms. The highest BCUT2D eigenvalue weighted by Crippen LogP contribution is 2.38. The van der Waals surface area contributed by atoms with Crippen LogP contribution in [0.3, 0.4) is 0 Å². The summed E-state index contributed by atoms with van der Waals surface area (Å²) in [4.78, 5) is 37.7. The number of carbonyl (C=O) groups is 2. The summed E-state index contributed by atoms with van der Waals surface area (Å²) in [6.07, 6.45) is 25.0. The van der Waals surface area contributed by atoms with Crippen molar-refractivity contribution in [3.05, 3.63) is 59.1 Å². The van der Waals surface area contributed by atoms with Crippen LogP contribution in [0.1, 0.15) is 152 Å². The normalized spacial score (nSPS) is 14.9. The number of aliphatic hydroxyl groups excluding tert-OH is 2. The van der Waals surface area contributed by atoms with Crippen molar-refractivity contribution in [2.75, 3.05) is 47.5 Å². The molecule has 4 atom stereocenters. The number of aliphatic hydroxyl groups is 2. The second kappa shape index (κ2) is 32.2. The molecular weight excluding hydrogens is 773 g/mol. The molecule has 0 fully saturated rings. The van der Waals surface area contributed by atoms with Crippen molar-refractivity contribution in [2.24, 2.45) is 0 Å². The average Bonchev–Trinajstić information content (AvgIpc) is 3.44. The van der Waals surface area contributed by atoms with Crippen LogP contribution in [0.2, 0.25) is 0 Å². The van der Waals surface area contributed by atoms with E-state index in [0.717, 1.165) is 82.1 Å². The Morgan fingerprint density at radius 3 is 2.00 bits per heavy atom. The fraction of sp³-hybridized carbons (Fsp3) is 0.739. The third-order valence-electron chi connectivity index (χ3n) is 10.0. The van der Waals surface area contributed by atoms with E-state index in [2.05, 4.69) is 52.0 Å². The number of hydrogen-bond donors (Lipinski definition) is 2. The predicted molar refractivity (Wildman–Crippen MR) is 233 cm³/mol. The van der Waals surface area contributed by atoms with Gasteiger partial charge in [-0.15, -0.1) is 0 Å². The Kier molecular flexibility index (Phi) is 29.7. The number of unbranched alkanes of at least 4 members (excludes halogenated alkanes) is 8. The third-order valence-corrected chi connectivity index (χ3v) is 11.0. The third kappa shape index (κ3) is 28.6. The summed E-state index contributed by atoms with van der Waals surface area (Å²) in [7, 11) is 0.958. The first-order valence-corrected chi connectivity index (χ1v) is 23.7. The number of furan rings is 1. The molecule has 0 saturated heterocycles. The number of phosphoric acid groups is 1. The quantitative estimate of drug-likeness (QED) is 0.0218. The standard InChI is InChI=1S/C46H80NO11P/c1-8-10-11-12-13-14-15-16-17-18-21-24-29-41(48)42(49)30-27-33-46(51)57-40(37-56-59(52,53)55-35-34-47(5,6)7)36-54-45(50)32-26-23-20-19-22-25-31-44-39(4)38(3)43(58-44)28-9-2/h13-14,16-17,21,24,40-42,48-49H,8-12,15,18-20,22-23,25-37H2,1-7H3/b14-13-,17-16-,24-21-/t40-,41?,42?/m1/s1. The molecule has 0 amide bonds. The van der Waals surface area contributed by atoms with Gasteiger partial charge in [-0.2, -0.15) is 0 Å².